The Hall–Kier alpha value is -0.870. The SMILES string of the molecule is COC(=O)C1([C@@H](O)C2C=CCCC2)CC(=O)[C@H](CCCl)[C@H]1C. The molecule has 124 valence electrons. The van der Waals surface area contributed by atoms with Crippen LogP contribution in [0.25, 0.3) is 0 Å². The average molecular weight is 329 g/mol. The minimum absolute atomic E-state index is 0.0115. The van der Waals surface area contributed by atoms with E-state index >= 15 is 0 Å². The number of ether oxygens (including phenoxy) is 1. The van der Waals surface area contributed by atoms with Gasteiger partial charge in [-0.05, 0) is 31.6 Å². The van der Waals surface area contributed by atoms with Gasteiger partial charge < -0.3 is 9.84 Å². The molecule has 5 atom stereocenters. The number of Topliss-reactive ketones (excluding diaryl/α,β-unsaturated/α-hetero) is 1. The monoisotopic (exact) mass is 328 g/mol. The smallest absolute Gasteiger partial charge is 0.315 e. The van der Waals surface area contributed by atoms with Crippen LogP contribution in [0, 0.1) is 23.2 Å². The van der Waals surface area contributed by atoms with E-state index in [0.29, 0.717) is 12.3 Å². The van der Waals surface area contributed by atoms with E-state index in [2.05, 4.69) is 0 Å². The van der Waals surface area contributed by atoms with Crippen LogP contribution in [-0.2, 0) is 14.3 Å². The zero-order valence-electron chi connectivity index (χ0n) is 13.3. The molecule has 0 aromatic carbocycles. The fourth-order valence-electron chi connectivity index (χ4n) is 4.17. The average Bonchev–Trinajstić information content (AvgIpc) is 2.80. The summed E-state index contributed by atoms with van der Waals surface area (Å²) >= 11 is 5.80. The van der Waals surface area contributed by atoms with Crippen LogP contribution in [0.2, 0.25) is 0 Å². The lowest BCUT2D eigenvalue weighted by atomic mass is 9.67. The summed E-state index contributed by atoms with van der Waals surface area (Å²) in [5.74, 6) is -0.736. The number of halogens is 1. The van der Waals surface area contributed by atoms with E-state index in [1.54, 1.807) is 0 Å². The van der Waals surface area contributed by atoms with E-state index in [9.17, 15) is 14.7 Å². The summed E-state index contributed by atoms with van der Waals surface area (Å²) in [4.78, 5) is 24.9. The third-order valence-corrected chi connectivity index (χ3v) is 5.73. The second-order valence-corrected chi connectivity index (χ2v) is 6.89. The number of methoxy groups -OCH3 is 1. The Morgan fingerprint density at radius 2 is 2.32 bits per heavy atom. The van der Waals surface area contributed by atoms with E-state index in [1.165, 1.54) is 7.11 Å². The van der Waals surface area contributed by atoms with Crippen LogP contribution in [0.15, 0.2) is 12.2 Å². The maximum absolute atomic E-state index is 12.5. The second-order valence-electron chi connectivity index (χ2n) is 6.52. The number of aliphatic hydroxyl groups excluding tert-OH is 1. The van der Waals surface area contributed by atoms with Crippen molar-refractivity contribution >= 4 is 23.4 Å². The van der Waals surface area contributed by atoms with Gasteiger partial charge in [-0.1, -0.05) is 19.1 Å². The quantitative estimate of drug-likeness (QED) is 0.479. The number of hydrogen-bond donors (Lipinski definition) is 1. The summed E-state index contributed by atoms with van der Waals surface area (Å²) in [5.41, 5.74) is -1.14. The van der Waals surface area contributed by atoms with Crippen molar-refractivity contribution in [2.45, 2.75) is 45.1 Å². The highest BCUT2D eigenvalue weighted by Crippen LogP contribution is 2.51. The van der Waals surface area contributed by atoms with Crippen molar-refractivity contribution in [2.24, 2.45) is 23.2 Å². The Morgan fingerprint density at radius 1 is 1.59 bits per heavy atom. The third-order valence-electron chi connectivity index (χ3n) is 5.51. The van der Waals surface area contributed by atoms with Crippen LogP contribution >= 0.6 is 11.6 Å². The van der Waals surface area contributed by atoms with Gasteiger partial charge in [0.2, 0.25) is 0 Å². The molecule has 2 aliphatic rings. The molecule has 1 fully saturated rings. The van der Waals surface area contributed by atoms with Gasteiger partial charge >= 0.3 is 5.97 Å². The molecule has 0 heterocycles. The molecule has 2 aliphatic carbocycles. The maximum Gasteiger partial charge on any atom is 0.315 e. The highest BCUT2D eigenvalue weighted by atomic mass is 35.5. The molecule has 5 heteroatoms. The molecule has 1 N–H and O–H groups in total. The van der Waals surface area contributed by atoms with E-state index in [4.69, 9.17) is 16.3 Å². The Kier molecular flexibility index (Phi) is 5.67. The fourth-order valence-corrected chi connectivity index (χ4v) is 4.41. The zero-order chi connectivity index (χ0) is 16.3. The number of rotatable bonds is 5. The Balaban J connectivity index is 2.36. The Labute approximate surface area is 136 Å². The van der Waals surface area contributed by atoms with Crippen LogP contribution in [0.5, 0.6) is 0 Å². The maximum atomic E-state index is 12.5. The molecule has 0 amide bonds. The summed E-state index contributed by atoms with van der Waals surface area (Å²) < 4.78 is 4.99. The van der Waals surface area contributed by atoms with Crippen LogP contribution in [0.4, 0.5) is 0 Å². The van der Waals surface area contributed by atoms with Gasteiger partial charge in [-0.15, -0.1) is 11.6 Å². The number of aliphatic hydroxyl groups is 1. The molecule has 1 saturated carbocycles. The Bertz CT molecular complexity index is 462. The van der Waals surface area contributed by atoms with E-state index in [0.717, 1.165) is 19.3 Å². The zero-order valence-corrected chi connectivity index (χ0v) is 14.0. The van der Waals surface area contributed by atoms with Crippen LogP contribution < -0.4 is 0 Å². The molecule has 2 rings (SSSR count). The van der Waals surface area contributed by atoms with Gasteiger partial charge in [-0.3, -0.25) is 9.59 Å². The van der Waals surface area contributed by atoms with Crippen molar-refractivity contribution in [1.82, 2.24) is 0 Å². The minimum atomic E-state index is -1.14. The lowest BCUT2D eigenvalue weighted by Gasteiger charge is -2.39. The van der Waals surface area contributed by atoms with Crippen LogP contribution in [0.1, 0.15) is 39.0 Å². The van der Waals surface area contributed by atoms with Crippen molar-refractivity contribution in [3.8, 4) is 0 Å². The molecule has 0 saturated heterocycles. The first-order chi connectivity index (χ1) is 10.5. The van der Waals surface area contributed by atoms with Gasteiger partial charge in [0.15, 0.2) is 0 Å². The number of carbonyl (C=O) groups is 2. The van der Waals surface area contributed by atoms with Gasteiger partial charge in [0.25, 0.3) is 0 Å². The van der Waals surface area contributed by atoms with Crippen molar-refractivity contribution in [3.63, 3.8) is 0 Å². The molecule has 0 bridgehead atoms. The lowest BCUT2D eigenvalue weighted by molar-refractivity contribution is -0.167. The number of hydrogen-bond acceptors (Lipinski definition) is 4. The molecule has 0 spiro atoms. The minimum Gasteiger partial charge on any atom is -0.468 e. The first-order valence-electron chi connectivity index (χ1n) is 8.00. The number of esters is 1. The lowest BCUT2D eigenvalue weighted by Crippen LogP contribution is -2.49. The van der Waals surface area contributed by atoms with Gasteiger partial charge in [0, 0.05) is 24.1 Å². The van der Waals surface area contributed by atoms with E-state index < -0.39 is 17.5 Å². The molecule has 0 radical (unpaired) electrons. The van der Waals surface area contributed by atoms with Gasteiger partial charge in [0.1, 0.15) is 11.2 Å². The standard InChI is InChI=1S/C17H25ClO4/c1-11-13(8-9-18)14(19)10-17(11,16(21)22-2)15(20)12-6-4-3-5-7-12/h4,6,11-13,15,20H,3,5,7-10H2,1-2H3/t11-,12?,13-,15+,17?/m1/s1. The predicted octanol–water partition coefficient (Wildman–Crippen LogP) is 2.72. The number of alkyl halides is 1. The van der Waals surface area contributed by atoms with Gasteiger partial charge in [-0.25, -0.2) is 0 Å². The van der Waals surface area contributed by atoms with Gasteiger partial charge in [0.05, 0.1) is 13.2 Å². The van der Waals surface area contributed by atoms with E-state index in [1.807, 2.05) is 19.1 Å². The molecular weight excluding hydrogens is 304 g/mol. The van der Waals surface area contributed by atoms with Gasteiger partial charge in [-0.2, -0.15) is 0 Å². The molecule has 4 nitrogen and oxygen atoms in total. The summed E-state index contributed by atoms with van der Waals surface area (Å²) in [7, 11) is 1.32. The third kappa shape index (κ3) is 2.83. The highest BCUT2D eigenvalue weighted by molar-refractivity contribution is 6.18. The largest absolute Gasteiger partial charge is 0.468 e. The van der Waals surface area contributed by atoms with Crippen molar-refractivity contribution in [3.05, 3.63) is 12.2 Å². The molecular formula is C17H25ClO4. The van der Waals surface area contributed by atoms with Crippen molar-refractivity contribution in [1.29, 1.82) is 0 Å². The number of ketones is 1. The van der Waals surface area contributed by atoms with Crippen LogP contribution in [0.3, 0.4) is 0 Å². The Morgan fingerprint density at radius 3 is 2.86 bits per heavy atom. The van der Waals surface area contributed by atoms with Crippen molar-refractivity contribution < 1.29 is 19.4 Å². The summed E-state index contributed by atoms with van der Waals surface area (Å²) in [6.45, 7) is 1.87. The molecule has 0 aromatic rings. The molecule has 0 aliphatic heterocycles. The fraction of sp³-hybridized carbons (Fsp3) is 0.765. The topological polar surface area (TPSA) is 63.6 Å². The first-order valence-corrected chi connectivity index (χ1v) is 8.54. The summed E-state index contributed by atoms with van der Waals surface area (Å²) in [5, 5.41) is 11.0. The molecule has 2 unspecified atom stereocenters. The molecule has 0 aromatic heterocycles. The normalized spacial score (nSPS) is 36.4. The molecule has 22 heavy (non-hydrogen) atoms. The number of carbonyl (C=O) groups excluding carboxylic acids is 2. The highest BCUT2D eigenvalue weighted by Gasteiger charge is 2.61. The van der Waals surface area contributed by atoms with Crippen molar-refractivity contribution in [2.75, 3.05) is 13.0 Å². The van der Waals surface area contributed by atoms with Crippen LogP contribution in [-0.4, -0.2) is 36.0 Å². The second kappa shape index (κ2) is 7.14. The summed E-state index contributed by atoms with van der Waals surface area (Å²) in [6, 6.07) is 0. The number of allylic oxidation sites excluding steroid dienone is 1. The first kappa shape index (κ1) is 17.5. The predicted molar refractivity (Wildman–Crippen MR) is 84.6 cm³/mol. The summed E-state index contributed by atoms with van der Waals surface area (Å²) in [6.07, 6.45) is 6.53. The van der Waals surface area contributed by atoms with E-state index in [-0.39, 0.29) is 30.0 Å².